The number of rotatable bonds is 3. The zero-order valence-electron chi connectivity index (χ0n) is 14.8. The van der Waals surface area contributed by atoms with Crippen molar-refractivity contribution in [2.24, 2.45) is 0 Å². The molecule has 0 spiro atoms. The van der Waals surface area contributed by atoms with Gasteiger partial charge in [0.1, 0.15) is 12.6 Å². The van der Waals surface area contributed by atoms with Crippen LogP contribution in [-0.4, -0.2) is 41.8 Å². The van der Waals surface area contributed by atoms with Crippen LogP contribution in [0.2, 0.25) is 10.0 Å². The molecule has 6 nitrogen and oxygen atoms in total. The highest BCUT2D eigenvalue weighted by Gasteiger charge is 2.42. The lowest BCUT2D eigenvalue weighted by Crippen LogP contribution is -2.47. The average Bonchev–Trinajstić information content (AvgIpc) is 3.15. The topological polar surface area (TPSA) is 69.7 Å². The molecule has 2 aliphatic rings. The lowest BCUT2D eigenvalue weighted by molar-refractivity contribution is -0.124. The van der Waals surface area contributed by atoms with Crippen molar-refractivity contribution in [3.05, 3.63) is 58.1 Å². The van der Waals surface area contributed by atoms with Crippen molar-refractivity contribution in [1.82, 2.24) is 4.90 Å². The summed E-state index contributed by atoms with van der Waals surface area (Å²) in [6, 6.07) is 11.1. The molecule has 2 heterocycles. The van der Waals surface area contributed by atoms with E-state index in [1.165, 1.54) is 4.90 Å². The fourth-order valence-electron chi connectivity index (χ4n) is 3.69. The van der Waals surface area contributed by atoms with Gasteiger partial charge in [0.15, 0.2) is 0 Å². The molecule has 0 unspecified atom stereocenters. The van der Waals surface area contributed by atoms with Crippen LogP contribution >= 0.6 is 23.2 Å². The van der Waals surface area contributed by atoms with Gasteiger partial charge in [-0.15, -0.1) is 0 Å². The van der Waals surface area contributed by atoms with Gasteiger partial charge in [0.2, 0.25) is 11.8 Å². The summed E-state index contributed by atoms with van der Waals surface area (Å²) >= 11 is 11.9. The second-order valence-electron chi connectivity index (χ2n) is 6.78. The van der Waals surface area contributed by atoms with Crippen molar-refractivity contribution in [1.29, 1.82) is 0 Å². The van der Waals surface area contributed by atoms with Gasteiger partial charge in [-0.2, -0.15) is 0 Å². The van der Waals surface area contributed by atoms with Crippen LogP contribution in [0, 0.1) is 0 Å². The van der Waals surface area contributed by atoms with E-state index in [1.54, 1.807) is 47.4 Å². The predicted molar refractivity (Wildman–Crippen MR) is 108 cm³/mol. The SMILES string of the molecule is O=C(CN1C(=O)[C@@H]2CCCN2C(=O)c2ccccc21)Nc1ccc(Cl)c(Cl)c1. The molecule has 1 saturated heterocycles. The Kier molecular flexibility index (Phi) is 5.00. The molecule has 0 saturated carbocycles. The molecule has 2 aromatic rings. The third kappa shape index (κ3) is 3.34. The summed E-state index contributed by atoms with van der Waals surface area (Å²) < 4.78 is 0. The predicted octanol–water partition coefficient (Wildman–Crippen LogP) is 3.58. The van der Waals surface area contributed by atoms with Gasteiger partial charge in [0, 0.05) is 12.2 Å². The standard InChI is InChI=1S/C20H17Cl2N3O3/c21-14-8-7-12(10-15(14)22)23-18(26)11-25-16-5-2-1-4-13(16)19(27)24-9-3-6-17(24)20(25)28/h1-2,4-5,7-8,10,17H,3,6,9,11H2,(H,23,26)/t17-/m0/s1. The number of benzene rings is 2. The molecule has 8 heteroatoms. The van der Waals surface area contributed by atoms with Gasteiger partial charge in [0.25, 0.3) is 5.91 Å². The minimum atomic E-state index is -0.530. The number of amides is 3. The molecule has 144 valence electrons. The number of para-hydroxylation sites is 1. The number of carbonyl (C=O) groups is 3. The molecule has 0 aliphatic carbocycles. The summed E-state index contributed by atoms with van der Waals surface area (Å²) in [5, 5.41) is 3.43. The van der Waals surface area contributed by atoms with Gasteiger partial charge in [-0.05, 0) is 43.2 Å². The average molecular weight is 418 g/mol. The number of hydrogen-bond donors (Lipinski definition) is 1. The maximum Gasteiger partial charge on any atom is 0.256 e. The summed E-state index contributed by atoms with van der Waals surface area (Å²) in [7, 11) is 0. The van der Waals surface area contributed by atoms with Gasteiger partial charge in [-0.1, -0.05) is 35.3 Å². The molecule has 0 aromatic heterocycles. The summed E-state index contributed by atoms with van der Waals surface area (Å²) in [5.41, 5.74) is 1.37. The molecule has 1 N–H and O–H groups in total. The number of hydrogen-bond acceptors (Lipinski definition) is 3. The highest BCUT2D eigenvalue weighted by Crippen LogP contribution is 2.32. The Morgan fingerprint density at radius 1 is 1.11 bits per heavy atom. The lowest BCUT2D eigenvalue weighted by atomic mass is 10.1. The number of nitrogens with one attached hydrogen (secondary N) is 1. The van der Waals surface area contributed by atoms with Crippen LogP contribution < -0.4 is 10.2 Å². The minimum absolute atomic E-state index is 0.168. The Bertz CT molecular complexity index is 979. The van der Waals surface area contributed by atoms with E-state index in [1.807, 2.05) is 0 Å². The van der Waals surface area contributed by atoms with E-state index < -0.39 is 6.04 Å². The number of carbonyl (C=O) groups excluding carboxylic acids is 3. The zero-order chi connectivity index (χ0) is 19.8. The quantitative estimate of drug-likeness (QED) is 0.829. The molecule has 4 rings (SSSR count). The Labute approximate surface area is 172 Å². The van der Waals surface area contributed by atoms with Gasteiger partial charge in [-0.25, -0.2) is 0 Å². The molecular weight excluding hydrogens is 401 g/mol. The molecule has 3 amide bonds. The van der Waals surface area contributed by atoms with Gasteiger partial charge < -0.3 is 15.1 Å². The molecule has 2 aliphatic heterocycles. The Morgan fingerprint density at radius 3 is 2.68 bits per heavy atom. The van der Waals surface area contributed by atoms with Gasteiger partial charge >= 0.3 is 0 Å². The second-order valence-corrected chi connectivity index (χ2v) is 7.59. The van der Waals surface area contributed by atoms with Gasteiger partial charge in [-0.3, -0.25) is 14.4 Å². The molecule has 0 bridgehead atoms. The summed E-state index contributed by atoms with van der Waals surface area (Å²) in [4.78, 5) is 41.7. The first-order chi connectivity index (χ1) is 13.5. The third-order valence-corrected chi connectivity index (χ3v) is 5.73. The molecule has 1 fully saturated rings. The van der Waals surface area contributed by atoms with Crippen molar-refractivity contribution >= 4 is 52.3 Å². The van der Waals surface area contributed by atoms with Crippen LogP contribution in [0.5, 0.6) is 0 Å². The lowest BCUT2D eigenvalue weighted by Gasteiger charge is -2.25. The number of nitrogens with zero attached hydrogens (tertiary/aromatic N) is 2. The Hall–Kier alpha value is -2.57. The molecule has 28 heavy (non-hydrogen) atoms. The first-order valence-corrected chi connectivity index (χ1v) is 9.67. The monoisotopic (exact) mass is 417 g/mol. The Balaban J connectivity index is 1.62. The Morgan fingerprint density at radius 2 is 1.89 bits per heavy atom. The van der Waals surface area contributed by atoms with Crippen LogP contribution in [0.25, 0.3) is 0 Å². The van der Waals surface area contributed by atoms with Crippen LogP contribution in [0.1, 0.15) is 23.2 Å². The van der Waals surface area contributed by atoms with E-state index in [0.717, 1.165) is 6.42 Å². The van der Waals surface area contributed by atoms with Crippen LogP contribution in [0.3, 0.4) is 0 Å². The fraction of sp³-hybridized carbons (Fsp3) is 0.250. The normalized spacial score (nSPS) is 18.6. The maximum atomic E-state index is 13.1. The first kappa shape index (κ1) is 18.8. The zero-order valence-corrected chi connectivity index (χ0v) is 16.3. The molecule has 0 radical (unpaired) electrons. The van der Waals surface area contributed by atoms with Crippen molar-refractivity contribution < 1.29 is 14.4 Å². The maximum absolute atomic E-state index is 13.1. The highest BCUT2D eigenvalue weighted by molar-refractivity contribution is 6.42. The summed E-state index contributed by atoms with van der Waals surface area (Å²) in [6.45, 7) is 0.348. The molecule has 2 aromatic carbocycles. The first-order valence-electron chi connectivity index (χ1n) is 8.92. The molecular formula is C20H17Cl2N3O3. The van der Waals surface area contributed by atoms with E-state index in [-0.39, 0.29) is 24.3 Å². The second kappa shape index (κ2) is 7.45. The number of halogens is 2. The molecule has 1 atom stereocenters. The van der Waals surface area contributed by atoms with Crippen LogP contribution in [0.15, 0.2) is 42.5 Å². The van der Waals surface area contributed by atoms with Gasteiger partial charge in [0.05, 0.1) is 21.3 Å². The van der Waals surface area contributed by atoms with Crippen LogP contribution in [-0.2, 0) is 9.59 Å². The number of fused-ring (bicyclic) bond motifs is 2. The van der Waals surface area contributed by atoms with E-state index in [9.17, 15) is 14.4 Å². The van der Waals surface area contributed by atoms with E-state index in [2.05, 4.69) is 5.32 Å². The fourth-order valence-corrected chi connectivity index (χ4v) is 3.99. The van der Waals surface area contributed by atoms with Crippen molar-refractivity contribution in [3.8, 4) is 0 Å². The van der Waals surface area contributed by atoms with E-state index >= 15 is 0 Å². The summed E-state index contributed by atoms with van der Waals surface area (Å²) in [5.74, 6) is -0.792. The largest absolute Gasteiger partial charge is 0.327 e. The van der Waals surface area contributed by atoms with Crippen molar-refractivity contribution in [2.45, 2.75) is 18.9 Å². The third-order valence-electron chi connectivity index (χ3n) is 5.00. The minimum Gasteiger partial charge on any atom is -0.327 e. The highest BCUT2D eigenvalue weighted by atomic mass is 35.5. The summed E-state index contributed by atoms with van der Waals surface area (Å²) in [6.07, 6.45) is 1.37. The number of anilines is 2. The van der Waals surface area contributed by atoms with Crippen molar-refractivity contribution in [2.75, 3.05) is 23.3 Å². The van der Waals surface area contributed by atoms with E-state index in [4.69, 9.17) is 23.2 Å². The van der Waals surface area contributed by atoms with Crippen LogP contribution in [0.4, 0.5) is 11.4 Å². The van der Waals surface area contributed by atoms with E-state index in [0.29, 0.717) is 39.9 Å². The smallest absolute Gasteiger partial charge is 0.256 e. The van der Waals surface area contributed by atoms with Crippen molar-refractivity contribution in [3.63, 3.8) is 0 Å².